The molecule has 0 aliphatic rings. The zero-order chi connectivity index (χ0) is 56.4. The highest BCUT2D eigenvalue weighted by Crippen LogP contribution is 2.53. The first-order valence-corrected chi connectivity index (χ1v) is 29.0. The second-order valence-electron chi connectivity index (χ2n) is 27.9. The first-order valence-electron chi connectivity index (χ1n) is 29.0. The number of nitrogens with zero attached hydrogens (tertiary/aromatic N) is 2. The third-order valence-electron chi connectivity index (χ3n) is 17.1. The molecule has 1 heterocycles. The van der Waals surface area contributed by atoms with E-state index in [2.05, 4.69) is 314 Å². The normalized spacial score (nSPS) is 12.9. The standard InChI is InChI=1S/C78H78N2/c1-74(2,3)53-34-40-69-63(45-53)64-46-54(75(4,5)6)35-41-70(64)80(69)68-39-33-52-30-36-60-67(38-32-51-31-37-61(68)73(52)72(51)60)79(57-43-55(76(7,8)9)42-56(44-57)77(10,11)12)71-48-66(78(13,14)15)62(50-26-20-17-21-27-50)47-65(71)59-29-23-22-28-58(59)49-24-18-16-19-25-49/h16-48H,1-15H3. The molecule has 0 aliphatic carbocycles. The van der Waals surface area contributed by atoms with E-state index < -0.39 is 0 Å². The molecule has 0 unspecified atom stereocenters. The Kier molecular flexibility index (Phi) is 12.4. The highest BCUT2D eigenvalue weighted by atomic mass is 15.1. The zero-order valence-corrected chi connectivity index (χ0v) is 49.9. The SMILES string of the molecule is CC(C)(C)c1cc(N(c2cc(C(C)(C)C)c(-c3ccccc3)cc2-c2ccccc2-c2ccccc2)c2ccc3ccc4c(-n5c6ccc(C(C)(C)C)cc6c6cc(C(C)(C)C)ccc65)ccc5ccc2c3c54)cc(C(C)(C)C)c1. The van der Waals surface area contributed by atoms with Crippen molar-refractivity contribution < 1.29 is 0 Å². The second-order valence-corrected chi connectivity index (χ2v) is 27.9. The van der Waals surface area contributed by atoms with Crippen LogP contribution >= 0.6 is 0 Å². The molecule has 0 fully saturated rings. The monoisotopic (exact) mass is 1040 g/mol. The zero-order valence-electron chi connectivity index (χ0n) is 49.9. The van der Waals surface area contributed by atoms with Crippen molar-refractivity contribution in [1.82, 2.24) is 4.57 Å². The molecule has 0 atom stereocenters. The topological polar surface area (TPSA) is 8.17 Å². The molecule has 2 nitrogen and oxygen atoms in total. The van der Waals surface area contributed by atoms with Crippen LogP contribution in [0.2, 0.25) is 0 Å². The molecule has 400 valence electrons. The number of anilines is 3. The molecule has 2 heteroatoms. The smallest absolute Gasteiger partial charge is 0.0543 e. The molecule has 0 N–H and O–H groups in total. The lowest BCUT2D eigenvalue weighted by atomic mass is 9.78. The maximum absolute atomic E-state index is 2.64. The van der Waals surface area contributed by atoms with Gasteiger partial charge in [0, 0.05) is 32.8 Å². The summed E-state index contributed by atoms with van der Waals surface area (Å²) in [6.07, 6.45) is 0. The van der Waals surface area contributed by atoms with Gasteiger partial charge in [-0.25, -0.2) is 0 Å². The van der Waals surface area contributed by atoms with E-state index in [1.165, 1.54) is 121 Å². The summed E-state index contributed by atoms with van der Waals surface area (Å²) in [5.74, 6) is 0. The summed E-state index contributed by atoms with van der Waals surface area (Å²) in [7, 11) is 0. The van der Waals surface area contributed by atoms with Crippen LogP contribution < -0.4 is 4.90 Å². The summed E-state index contributed by atoms with van der Waals surface area (Å²) >= 11 is 0. The fourth-order valence-electron chi connectivity index (χ4n) is 12.4. The summed E-state index contributed by atoms with van der Waals surface area (Å²) in [6.45, 7) is 35.2. The molecule has 0 radical (unpaired) electrons. The minimum atomic E-state index is -0.207. The molecule has 0 spiro atoms. The quantitative estimate of drug-likeness (QED) is 0.144. The molecule has 12 aromatic rings. The predicted octanol–water partition coefficient (Wildman–Crippen LogP) is 22.6. The molecule has 0 amide bonds. The Bertz CT molecular complexity index is 4240. The van der Waals surface area contributed by atoms with Crippen molar-refractivity contribution in [2.45, 2.75) is 131 Å². The van der Waals surface area contributed by atoms with Gasteiger partial charge in [-0.05, 0) is 165 Å². The maximum Gasteiger partial charge on any atom is 0.0543 e. The second kappa shape index (κ2) is 18.8. The molecule has 0 bridgehead atoms. The Morgan fingerprint density at radius 1 is 0.300 bits per heavy atom. The molecule has 0 saturated carbocycles. The van der Waals surface area contributed by atoms with Crippen LogP contribution in [0.3, 0.4) is 0 Å². The predicted molar refractivity (Wildman–Crippen MR) is 349 cm³/mol. The number of fused-ring (bicyclic) bond motifs is 3. The molecular weight excluding hydrogens is 965 g/mol. The number of aromatic nitrogens is 1. The lowest BCUT2D eigenvalue weighted by Crippen LogP contribution is -2.20. The first kappa shape index (κ1) is 52.7. The van der Waals surface area contributed by atoms with E-state index in [4.69, 9.17) is 0 Å². The first-order chi connectivity index (χ1) is 37.8. The van der Waals surface area contributed by atoms with Crippen LogP contribution in [0.15, 0.2) is 200 Å². The van der Waals surface area contributed by atoms with Crippen molar-refractivity contribution in [3.05, 3.63) is 228 Å². The number of benzene rings is 11. The maximum atomic E-state index is 2.64. The van der Waals surface area contributed by atoms with Gasteiger partial charge < -0.3 is 9.47 Å². The van der Waals surface area contributed by atoms with Gasteiger partial charge in [-0.3, -0.25) is 0 Å². The third-order valence-corrected chi connectivity index (χ3v) is 17.1. The Balaban J connectivity index is 1.21. The summed E-state index contributed by atoms with van der Waals surface area (Å²) in [5.41, 5.74) is 20.5. The van der Waals surface area contributed by atoms with Gasteiger partial charge in [-0.1, -0.05) is 243 Å². The van der Waals surface area contributed by atoms with Crippen LogP contribution in [0.25, 0.3) is 93.2 Å². The van der Waals surface area contributed by atoms with Crippen molar-refractivity contribution in [1.29, 1.82) is 0 Å². The van der Waals surface area contributed by atoms with Gasteiger partial charge in [-0.2, -0.15) is 0 Å². The van der Waals surface area contributed by atoms with E-state index in [1.54, 1.807) is 0 Å². The highest BCUT2D eigenvalue weighted by Gasteiger charge is 2.31. The highest BCUT2D eigenvalue weighted by molar-refractivity contribution is 6.28. The molecular formula is C78H78N2. The molecule has 1 aromatic heterocycles. The average Bonchev–Trinajstić information content (AvgIpc) is 3.93. The van der Waals surface area contributed by atoms with E-state index in [9.17, 15) is 0 Å². The molecule has 80 heavy (non-hydrogen) atoms. The molecule has 11 aromatic carbocycles. The lowest BCUT2D eigenvalue weighted by Gasteiger charge is -2.35. The Hall–Kier alpha value is -7.94. The third kappa shape index (κ3) is 9.15. The lowest BCUT2D eigenvalue weighted by molar-refractivity contribution is 0.569. The van der Waals surface area contributed by atoms with Crippen molar-refractivity contribution in [2.24, 2.45) is 0 Å². The minimum absolute atomic E-state index is 0.00943. The summed E-state index contributed by atoms with van der Waals surface area (Å²) in [4.78, 5) is 2.64. The van der Waals surface area contributed by atoms with Crippen molar-refractivity contribution in [3.63, 3.8) is 0 Å². The molecule has 0 saturated heterocycles. The minimum Gasteiger partial charge on any atom is -0.309 e. The average molecular weight is 1040 g/mol. The Morgan fingerprint density at radius 2 is 0.762 bits per heavy atom. The fourth-order valence-corrected chi connectivity index (χ4v) is 12.4. The number of rotatable bonds is 7. The number of hydrogen-bond donors (Lipinski definition) is 0. The fraction of sp³-hybridized carbons (Fsp3) is 0.256. The van der Waals surface area contributed by atoms with Crippen molar-refractivity contribution in [3.8, 4) is 39.1 Å². The van der Waals surface area contributed by atoms with Crippen LogP contribution in [0.4, 0.5) is 17.1 Å². The van der Waals surface area contributed by atoms with Crippen LogP contribution in [-0.4, -0.2) is 4.57 Å². The molecule has 0 aliphatic heterocycles. The van der Waals surface area contributed by atoms with Gasteiger partial charge in [0.1, 0.15) is 0 Å². The molecule has 12 rings (SSSR count). The summed E-state index contributed by atoms with van der Waals surface area (Å²) in [6, 6.07) is 76.9. The van der Waals surface area contributed by atoms with Crippen LogP contribution in [0.1, 0.15) is 132 Å². The van der Waals surface area contributed by atoms with Crippen molar-refractivity contribution in [2.75, 3.05) is 4.90 Å². The largest absolute Gasteiger partial charge is 0.309 e. The van der Waals surface area contributed by atoms with E-state index in [0.29, 0.717) is 0 Å². The van der Waals surface area contributed by atoms with E-state index >= 15 is 0 Å². The Labute approximate surface area is 476 Å². The summed E-state index contributed by atoms with van der Waals surface area (Å²) < 4.78 is 2.55. The number of hydrogen-bond acceptors (Lipinski definition) is 1. The Morgan fingerprint density at radius 3 is 1.29 bits per heavy atom. The van der Waals surface area contributed by atoms with Gasteiger partial charge in [0.05, 0.1) is 28.1 Å². The van der Waals surface area contributed by atoms with Crippen LogP contribution in [0.5, 0.6) is 0 Å². The van der Waals surface area contributed by atoms with Crippen molar-refractivity contribution >= 4 is 71.2 Å². The van der Waals surface area contributed by atoms with E-state index in [0.717, 1.165) is 17.1 Å². The van der Waals surface area contributed by atoms with E-state index in [-0.39, 0.29) is 27.1 Å². The van der Waals surface area contributed by atoms with Gasteiger partial charge in [-0.15, -0.1) is 0 Å². The van der Waals surface area contributed by atoms with Gasteiger partial charge in [0.15, 0.2) is 0 Å². The van der Waals surface area contributed by atoms with Crippen LogP contribution in [0, 0.1) is 0 Å². The summed E-state index contributed by atoms with van der Waals surface area (Å²) in [5, 5.41) is 10.1. The van der Waals surface area contributed by atoms with Gasteiger partial charge >= 0.3 is 0 Å². The van der Waals surface area contributed by atoms with Gasteiger partial charge in [0.2, 0.25) is 0 Å². The van der Waals surface area contributed by atoms with E-state index in [1.807, 2.05) is 0 Å². The van der Waals surface area contributed by atoms with Gasteiger partial charge in [0.25, 0.3) is 0 Å². The van der Waals surface area contributed by atoms with Crippen LogP contribution in [-0.2, 0) is 27.1 Å².